The van der Waals surface area contributed by atoms with E-state index >= 15 is 0 Å². The Labute approximate surface area is 176 Å². The molecule has 9 nitrogen and oxygen atoms in total. The minimum absolute atomic E-state index is 0.000307. The van der Waals surface area contributed by atoms with E-state index in [1.807, 2.05) is 0 Å². The van der Waals surface area contributed by atoms with Gasteiger partial charge in [-0.3, -0.25) is 4.79 Å². The summed E-state index contributed by atoms with van der Waals surface area (Å²) < 4.78 is 31.6. The fraction of sp³-hybridized carbons (Fsp3) is 0.211. The minimum atomic E-state index is -4.12. The van der Waals surface area contributed by atoms with E-state index in [1.165, 1.54) is 29.5 Å². The van der Waals surface area contributed by atoms with Crippen molar-refractivity contribution in [2.75, 3.05) is 13.2 Å². The van der Waals surface area contributed by atoms with Gasteiger partial charge < -0.3 is 15.4 Å². The van der Waals surface area contributed by atoms with E-state index in [9.17, 15) is 22.8 Å². The van der Waals surface area contributed by atoms with E-state index in [0.29, 0.717) is 9.18 Å². The Morgan fingerprint density at radius 1 is 1.20 bits per heavy atom. The number of rotatable bonds is 5. The zero-order chi connectivity index (χ0) is 21.5. The molecule has 156 valence electrons. The van der Waals surface area contributed by atoms with Gasteiger partial charge >= 0.3 is 12.0 Å². The second-order valence-electron chi connectivity index (χ2n) is 6.47. The first-order valence-electron chi connectivity index (χ1n) is 9.01. The lowest BCUT2D eigenvalue weighted by Gasteiger charge is -2.30. The van der Waals surface area contributed by atoms with E-state index in [-0.39, 0.29) is 28.3 Å². The van der Waals surface area contributed by atoms with Crippen molar-refractivity contribution in [3.63, 3.8) is 0 Å². The van der Waals surface area contributed by atoms with Crippen LogP contribution in [0.4, 0.5) is 4.79 Å². The molecule has 0 radical (unpaired) electrons. The molecule has 1 aromatic heterocycles. The number of nitrogens with one attached hydrogen (secondary N) is 2. The van der Waals surface area contributed by atoms with Crippen molar-refractivity contribution < 1.29 is 27.5 Å². The van der Waals surface area contributed by atoms with Crippen molar-refractivity contribution in [3.8, 4) is 0 Å². The summed E-state index contributed by atoms with van der Waals surface area (Å²) in [6.07, 6.45) is 0. The van der Waals surface area contributed by atoms with Crippen LogP contribution in [0.15, 0.2) is 57.9 Å². The van der Waals surface area contributed by atoms with Gasteiger partial charge in [-0.15, -0.1) is 11.3 Å². The molecule has 3 amide bonds. The number of hydrogen-bond donors (Lipinski definition) is 2. The molecule has 2 aromatic rings. The molecule has 4 rings (SSSR count). The molecule has 3 heterocycles. The van der Waals surface area contributed by atoms with Crippen LogP contribution in [-0.4, -0.2) is 43.8 Å². The third-order valence-corrected chi connectivity index (χ3v) is 7.41. The maximum atomic E-state index is 12.9. The van der Waals surface area contributed by atoms with Gasteiger partial charge in [-0.2, -0.15) is 0 Å². The molecular formula is C19H17N3O6S2. The second kappa shape index (κ2) is 7.58. The number of amides is 3. The highest BCUT2D eigenvalue weighted by atomic mass is 32.2. The molecule has 0 aliphatic carbocycles. The smallest absolute Gasteiger partial charge is 0.338 e. The zero-order valence-corrected chi connectivity index (χ0v) is 17.4. The fourth-order valence-corrected chi connectivity index (χ4v) is 5.71. The summed E-state index contributed by atoms with van der Waals surface area (Å²) in [5.74, 6) is -1.43. The van der Waals surface area contributed by atoms with Crippen LogP contribution in [0.2, 0.25) is 0 Å². The number of ether oxygens (including phenoxy) is 1. The maximum Gasteiger partial charge on any atom is 0.338 e. The summed E-state index contributed by atoms with van der Waals surface area (Å²) in [5, 5.41) is 6.93. The summed E-state index contributed by atoms with van der Waals surface area (Å²) in [4.78, 5) is 38.3. The molecule has 0 unspecified atom stereocenters. The molecule has 1 aromatic carbocycles. The lowest BCUT2D eigenvalue weighted by Crippen LogP contribution is -2.49. The molecule has 0 bridgehead atoms. The van der Waals surface area contributed by atoms with Crippen molar-refractivity contribution >= 4 is 39.3 Å². The normalized spacial score (nSPS) is 19.9. The van der Waals surface area contributed by atoms with Crippen molar-refractivity contribution in [3.05, 3.63) is 63.5 Å². The predicted molar refractivity (Wildman–Crippen MR) is 107 cm³/mol. The van der Waals surface area contributed by atoms with E-state index in [1.54, 1.807) is 30.5 Å². The highest BCUT2D eigenvalue weighted by Gasteiger charge is 2.43. The van der Waals surface area contributed by atoms with Crippen molar-refractivity contribution in [1.29, 1.82) is 0 Å². The van der Waals surface area contributed by atoms with Gasteiger partial charge in [-0.1, -0.05) is 18.2 Å². The Bertz CT molecular complexity index is 1170. The van der Waals surface area contributed by atoms with E-state index in [4.69, 9.17) is 4.74 Å². The monoisotopic (exact) mass is 447 g/mol. The molecule has 2 aliphatic heterocycles. The van der Waals surface area contributed by atoms with Crippen LogP contribution >= 0.6 is 11.3 Å². The number of carbonyl (C=O) groups is 3. The van der Waals surface area contributed by atoms with Crippen LogP contribution in [0.1, 0.15) is 28.2 Å². The van der Waals surface area contributed by atoms with Crippen LogP contribution < -0.4 is 10.6 Å². The van der Waals surface area contributed by atoms with E-state index in [2.05, 4.69) is 10.6 Å². The summed E-state index contributed by atoms with van der Waals surface area (Å²) in [6.45, 7) is 1.23. The molecule has 11 heteroatoms. The first-order valence-corrected chi connectivity index (χ1v) is 11.3. The molecule has 2 aliphatic rings. The number of carbonyl (C=O) groups excluding carboxylic acids is 3. The van der Waals surface area contributed by atoms with Gasteiger partial charge in [0.1, 0.15) is 4.90 Å². The fourth-order valence-electron chi connectivity index (χ4n) is 3.39. The number of esters is 1. The number of sulfonamides is 1. The van der Waals surface area contributed by atoms with Crippen LogP contribution in [0.3, 0.4) is 0 Å². The van der Waals surface area contributed by atoms with Crippen molar-refractivity contribution in [2.24, 2.45) is 0 Å². The van der Waals surface area contributed by atoms with Gasteiger partial charge in [0.15, 0.2) is 0 Å². The average Bonchev–Trinajstić information content (AvgIpc) is 3.31. The SMILES string of the molecule is CCOC(=O)C1=C(CN2C(=O)c3ccccc3S2(=O)=O)NC(=O)N[C@H]1c1cccs1. The molecule has 0 saturated heterocycles. The van der Waals surface area contributed by atoms with Crippen LogP contribution in [-0.2, 0) is 19.6 Å². The number of urea groups is 1. The lowest BCUT2D eigenvalue weighted by molar-refractivity contribution is -0.139. The molecular weight excluding hydrogens is 430 g/mol. The first-order chi connectivity index (χ1) is 14.3. The second-order valence-corrected chi connectivity index (χ2v) is 9.28. The lowest BCUT2D eigenvalue weighted by atomic mass is 10.0. The number of hydrogen-bond acceptors (Lipinski definition) is 7. The van der Waals surface area contributed by atoms with Gasteiger partial charge in [0.05, 0.1) is 36.0 Å². The van der Waals surface area contributed by atoms with Crippen LogP contribution in [0, 0.1) is 0 Å². The van der Waals surface area contributed by atoms with Gasteiger partial charge in [0, 0.05) is 4.88 Å². The molecule has 2 N–H and O–H groups in total. The maximum absolute atomic E-state index is 12.9. The minimum Gasteiger partial charge on any atom is -0.463 e. The summed E-state index contributed by atoms with van der Waals surface area (Å²) >= 11 is 1.32. The van der Waals surface area contributed by atoms with Crippen LogP contribution in [0.5, 0.6) is 0 Å². The Hall–Kier alpha value is -3.18. The number of benzene rings is 1. The molecule has 30 heavy (non-hydrogen) atoms. The topological polar surface area (TPSA) is 122 Å². The standard InChI is InChI=1S/C19H17N3O6S2/c1-2-28-18(24)15-12(20-19(25)21-16(15)13-7-5-9-29-13)10-22-17(23)11-6-3-4-8-14(11)30(22,26)27/h3-9,16H,2,10H2,1H3,(H2,20,21,25)/t16-/m0/s1. The Morgan fingerprint density at radius 3 is 2.63 bits per heavy atom. The third kappa shape index (κ3) is 3.25. The molecule has 1 atom stereocenters. The summed E-state index contributed by atoms with van der Waals surface area (Å²) in [6, 6.07) is 7.93. The number of thiophene rings is 1. The summed E-state index contributed by atoms with van der Waals surface area (Å²) in [5.41, 5.74) is 0.101. The van der Waals surface area contributed by atoms with E-state index < -0.39 is 40.5 Å². The average molecular weight is 447 g/mol. The van der Waals surface area contributed by atoms with Crippen molar-refractivity contribution in [2.45, 2.75) is 17.9 Å². The zero-order valence-electron chi connectivity index (χ0n) is 15.7. The Kier molecular flexibility index (Phi) is 5.08. The van der Waals surface area contributed by atoms with Gasteiger partial charge in [-0.25, -0.2) is 22.3 Å². The highest BCUT2D eigenvalue weighted by molar-refractivity contribution is 7.90. The molecule has 0 spiro atoms. The van der Waals surface area contributed by atoms with Gasteiger partial charge in [0.25, 0.3) is 15.9 Å². The first kappa shape index (κ1) is 20.1. The Balaban J connectivity index is 1.80. The summed E-state index contributed by atoms with van der Waals surface area (Å²) in [7, 11) is -4.12. The van der Waals surface area contributed by atoms with Crippen LogP contribution in [0.25, 0.3) is 0 Å². The van der Waals surface area contributed by atoms with Crippen molar-refractivity contribution in [1.82, 2.24) is 14.9 Å². The third-order valence-electron chi connectivity index (χ3n) is 4.69. The predicted octanol–water partition coefficient (Wildman–Crippen LogP) is 1.76. The van der Waals surface area contributed by atoms with Gasteiger partial charge in [-0.05, 0) is 30.5 Å². The largest absolute Gasteiger partial charge is 0.463 e. The number of fused-ring (bicyclic) bond motifs is 1. The van der Waals surface area contributed by atoms with Gasteiger partial charge in [0.2, 0.25) is 0 Å². The highest BCUT2D eigenvalue weighted by Crippen LogP contribution is 2.34. The Morgan fingerprint density at radius 2 is 1.97 bits per heavy atom. The molecule has 0 saturated carbocycles. The van der Waals surface area contributed by atoms with E-state index in [0.717, 1.165) is 0 Å². The number of nitrogens with zero attached hydrogens (tertiary/aromatic N) is 1. The molecule has 0 fully saturated rings. The quantitative estimate of drug-likeness (QED) is 0.674.